The molecule has 0 fully saturated rings. The molecule has 2 aromatic rings. The highest BCUT2D eigenvalue weighted by molar-refractivity contribution is 5.94. The molecule has 5 nitrogen and oxygen atoms in total. The zero-order valence-corrected chi connectivity index (χ0v) is 11.9. The molecule has 0 saturated heterocycles. The molecule has 2 aromatic carbocycles. The monoisotopic (exact) mass is 287 g/mol. The molecule has 0 atom stereocenters. The lowest BCUT2D eigenvalue weighted by Gasteiger charge is -2.08. The molecule has 2 rings (SSSR count). The van der Waals surface area contributed by atoms with Crippen LogP contribution in [0, 0.1) is 0 Å². The number of phenolic OH excluding ortho intramolecular Hbond substituents is 1. The molecule has 0 aliphatic heterocycles. The minimum atomic E-state index is -0.268. The van der Waals surface area contributed by atoms with E-state index in [2.05, 4.69) is 5.32 Å². The summed E-state index contributed by atoms with van der Waals surface area (Å²) in [6, 6.07) is 12.0. The van der Waals surface area contributed by atoms with Crippen LogP contribution in [0.1, 0.15) is 15.9 Å². The van der Waals surface area contributed by atoms with Gasteiger partial charge in [-0.15, -0.1) is 0 Å². The Bertz CT molecular complexity index is 640. The Labute approximate surface area is 123 Å². The molecule has 0 bridgehead atoms. The van der Waals surface area contributed by atoms with Crippen LogP contribution in [0.15, 0.2) is 42.5 Å². The number of carbonyl (C=O) groups is 1. The number of hydrogen-bond acceptors (Lipinski definition) is 4. The van der Waals surface area contributed by atoms with E-state index in [1.165, 1.54) is 13.2 Å². The van der Waals surface area contributed by atoms with Crippen LogP contribution < -0.4 is 14.8 Å². The molecule has 0 aliphatic carbocycles. The summed E-state index contributed by atoms with van der Waals surface area (Å²) in [5.74, 6) is 0.741. The van der Waals surface area contributed by atoms with E-state index >= 15 is 0 Å². The lowest BCUT2D eigenvalue weighted by Crippen LogP contribution is -2.22. The highest BCUT2D eigenvalue weighted by Crippen LogP contribution is 2.26. The van der Waals surface area contributed by atoms with Crippen LogP contribution in [0.4, 0.5) is 0 Å². The van der Waals surface area contributed by atoms with Gasteiger partial charge in [0.25, 0.3) is 5.91 Å². The average Bonchev–Trinajstić information content (AvgIpc) is 2.52. The predicted octanol–water partition coefficient (Wildman–Crippen LogP) is 2.34. The minimum absolute atomic E-state index is 0.0634. The molecule has 5 heteroatoms. The lowest BCUT2D eigenvalue weighted by molar-refractivity contribution is 0.0950. The fourth-order valence-corrected chi connectivity index (χ4v) is 1.90. The van der Waals surface area contributed by atoms with Gasteiger partial charge in [0.1, 0.15) is 5.75 Å². The van der Waals surface area contributed by atoms with Gasteiger partial charge in [-0.2, -0.15) is 0 Å². The van der Waals surface area contributed by atoms with Gasteiger partial charge in [0, 0.05) is 12.1 Å². The molecule has 0 heterocycles. The van der Waals surface area contributed by atoms with E-state index in [1.807, 2.05) is 24.3 Å². The third-order valence-corrected chi connectivity index (χ3v) is 3.03. The standard InChI is InChI=1S/C16H17NO4/c1-20-13-5-3-4-11(8-13)10-17-16(19)12-6-7-15(21-2)14(18)9-12/h3-9,18H,10H2,1-2H3,(H,17,19). The second-order valence-electron chi connectivity index (χ2n) is 4.42. The van der Waals surface area contributed by atoms with Crippen LogP contribution in [0.2, 0.25) is 0 Å². The van der Waals surface area contributed by atoms with Crippen molar-refractivity contribution in [2.45, 2.75) is 6.54 Å². The molecule has 0 saturated carbocycles. The predicted molar refractivity (Wildman–Crippen MR) is 78.8 cm³/mol. The number of carbonyl (C=O) groups excluding carboxylic acids is 1. The number of rotatable bonds is 5. The third kappa shape index (κ3) is 3.66. The highest BCUT2D eigenvalue weighted by atomic mass is 16.5. The van der Waals surface area contributed by atoms with Gasteiger partial charge in [-0.25, -0.2) is 0 Å². The van der Waals surface area contributed by atoms with Crippen molar-refractivity contribution in [3.63, 3.8) is 0 Å². The maximum absolute atomic E-state index is 12.0. The quantitative estimate of drug-likeness (QED) is 0.885. The first-order valence-electron chi connectivity index (χ1n) is 6.42. The molecule has 1 amide bonds. The van der Waals surface area contributed by atoms with E-state index < -0.39 is 0 Å². The first kappa shape index (κ1) is 14.7. The second-order valence-corrected chi connectivity index (χ2v) is 4.42. The number of aromatic hydroxyl groups is 1. The van der Waals surface area contributed by atoms with Crippen LogP contribution in [-0.4, -0.2) is 25.2 Å². The van der Waals surface area contributed by atoms with Crippen molar-refractivity contribution >= 4 is 5.91 Å². The van der Waals surface area contributed by atoms with Crippen molar-refractivity contribution in [1.29, 1.82) is 0 Å². The zero-order valence-electron chi connectivity index (χ0n) is 11.9. The normalized spacial score (nSPS) is 10.0. The minimum Gasteiger partial charge on any atom is -0.504 e. The topological polar surface area (TPSA) is 67.8 Å². The van der Waals surface area contributed by atoms with Gasteiger partial charge in [-0.1, -0.05) is 12.1 Å². The number of benzene rings is 2. The average molecular weight is 287 g/mol. The van der Waals surface area contributed by atoms with E-state index in [0.29, 0.717) is 17.9 Å². The van der Waals surface area contributed by atoms with Crippen molar-refractivity contribution in [3.8, 4) is 17.2 Å². The van der Waals surface area contributed by atoms with Gasteiger partial charge in [0.15, 0.2) is 11.5 Å². The SMILES string of the molecule is COc1cccc(CNC(=O)c2ccc(OC)c(O)c2)c1. The summed E-state index contributed by atoms with van der Waals surface area (Å²) in [4.78, 5) is 12.0. The van der Waals surface area contributed by atoms with Crippen molar-refractivity contribution in [2.75, 3.05) is 14.2 Å². The maximum atomic E-state index is 12.0. The molecule has 0 aliphatic rings. The summed E-state index contributed by atoms with van der Waals surface area (Å²) in [5.41, 5.74) is 1.30. The van der Waals surface area contributed by atoms with Crippen molar-refractivity contribution in [3.05, 3.63) is 53.6 Å². The summed E-state index contributed by atoms with van der Waals surface area (Å²) in [7, 11) is 3.05. The number of nitrogens with one attached hydrogen (secondary N) is 1. The maximum Gasteiger partial charge on any atom is 0.251 e. The number of methoxy groups -OCH3 is 2. The van der Waals surface area contributed by atoms with E-state index in [-0.39, 0.29) is 11.7 Å². The molecule has 0 spiro atoms. The second kappa shape index (κ2) is 6.65. The fraction of sp³-hybridized carbons (Fsp3) is 0.188. The molecule has 110 valence electrons. The van der Waals surface area contributed by atoms with Crippen LogP contribution in [0.5, 0.6) is 17.2 Å². The largest absolute Gasteiger partial charge is 0.504 e. The smallest absolute Gasteiger partial charge is 0.251 e. The van der Waals surface area contributed by atoms with Gasteiger partial charge in [-0.05, 0) is 35.9 Å². The number of amides is 1. The Morgan fingerprint density at radius 2 is 1.95 bits per heavy atom. The molecule has 21 heavy (non-hydrogen) atoms. The van der Waals surface area contributed by atoms with Gasteiger partial charge in [0.05, 0.1) is 14.2 Å². The van der Waals surface area contributed by atoms with E-state index in [4.69, 9.17) is 9.47 Å². The zero-order chi connectivity index (χ0) is 15.2. The molecular weight excluding hydrogens is 270 g/mol. The number of hydrogen-bond donors (Lipinski definition) is 2. The van der Waals surface area contributed by atoms with E-state index in [9.17, 15) is 9.90 Å². The summed E-state index contributed by atoms with van der Waals surface area (Å²) in [6.07, 6.45) is 0. The molecule has 0 radical (unpaired) electrons. The van der Waals surface area contributed by atoms with Crippen molar-refractivity contribution in [1.82, 2.24) is 5.32 Å². The molecular formula is C16H17NO4. The van der Waals surface area contributed by atoms with Crippen LogP contribution >= 0.6 is 0 Å². The first-order chi connectivity index (χ1) is 10.1. The number of phenols is 1. The first-order valence-corrected chi connectivity index (χ1v) is 6.42. The summed E-state index contributed by atoms with van der Waals surface area (Å²) < 4.78 is 10.1. The Morgan fingerprint density at radius 3 is 2.62 bits per heavy atom. The van der Waals surface area contributed by atoms with Crippen LogP contribution in [-0.2, 0) is 6.54 Å². The van der Waals surface area contributed by atoms with Crippen LogP contribution in [0.3, 0.4) is 0 Å². The fourth-order valence-electron chi connectivity index (χ4n) is 1.90. The Balaban J connectivity index is 2.02. The van der Waals surface area contributed by atoms with E-state index in [1.54, 1.807) is 19.2 Å². The van der Waals surface area contributed by atoms with Gasteiger partial charge < -0.3 is 19.9 Å². The third-order valence-electron chi connectivity index (χ3n) is 3.03. The van der Waals surface area contributed by atoms with Crippen molar-refractivity contribution < 1.29 is 19.4 Å². The van der Waals surface area contributed by atoms with E-state index in [0.717, 1.165) is 11.3 Å². The Hall–Kier alpha value is -2.69. The summed E-state index contributed by atoms with van der Waals surface area (Å²) in [5, 5.41) is 12.5. The Morgan fingerprint density at radius 1 is 1.14 bits per heavy atom. The highest BCUT2D eigenvalue weighted by Gasteiger charge is 2.09. The Kier molecular flexibility index (Phi) is 4.66. The van der Waals surface area contributed by atoms with Crippen LogP contribution in [0.25, 0.3) is 0 Å². The summed E-state index contributed by atoms with van der Waals surface area (Å²) >= 11 is 0. The molecule has 0 unspecified atom stereocenters. The van der Waals surface area contributed by atoms with Gasteiger partial charge >= 0.3 is 0 Å². The summed E-state index contributed by atoms with van der Waals surface area (Å²) in [6.45, 7) is 0.378. The number of ether oxygens (including phenoxy) is 2. The lowest BCUT2D eigenvalue weighted by atomic mass is 10.1. The van der Waals surface area contributed by atoms with Crippen molar-refractivity contribution in [2.24, 2.45) is 0 Å². The molecule has 0 aromatic heterocycles. The van der Waals surface area contributed by atoms with Gasteiger partial charge in [-0.3, -0.25) is 4.79 Å². The van der Waals surface area contributed by atoms with Gasteiger partial charge in [0.2, 0.25) is 0 Å². The molecule has 2 N–H and O–H groups in total.